The molecule has 0 bridgehead atoms. The lowest BCUT2D eigenvalue weighted by Crippen LogP contribution is -2.32. The van der Waals surface area contributed by atoms with Crippen molar-refractivity contribution in [3.8, 4) is 0 Å². The summed E-state index contributed by atoms with van der Waals surface area (Å²) >= 11 is 0. The molecule has 1 aliphatic rings. The van der Waals surface area contributed by atoms with Crippen molar-refractivity contribution in [3.63, 3.8) is 0 Å². The van der Waals surface area contributed by atoms with Crippen molar-refractivity contribution in [1.29, 1.82) is 0 Å². The van der Waals surface area contributed by atoms with E-state index in [1.807, 2.05) is 0 Å². The van der Waals surface area contributed by atoms with Crippen LogP contribution in [0.4, 0.5) is 0 Å². The van der Waals surface area contributed by atoms with Crippen LogP contribution in [-0.4, -0.2) is 35.8 Å². The van der Waals surface area contributed by atoms with Crippen LogP contribution in [0.25, 0.3) is 0 Å². The van der Waals surface area contributed by atoms with Crippen LogP contribution in [0.3, 0.4) is 0 Å². The lowest BCUT2D eigenvalue weighted by atomic mass is 9.96. The Kier molecular flexibility index (Phi) is 4.62. The Morgan fingerprint density at radius 2 is 2.21 bits per heavy atom. The summed E-state index contributed by atoms with van der Waals surface area (Å²) in [6.45, 7) is 5.21. The van der Waals surface area contributed by atoms with E-state index in [9.17, 15) is 8.42 Å². The van der Waals surface area contributed by atoms with E-state index >= 15 is 0 Å². The molecule has 0 spiro atoms. The molecule has 1 aromatic heterocycles. The van der Waals surface area contributed by atoms with Gasteiger partial charge in [0.1, 0.15) is 5.82 Å². The molecule has 1 unspecified atom stereocenters. The van der Waals surface area contributed by atoms with Crippen molar-refractivity contribution < 1.29 is 8.42 Å². The Morgan fingerprint density at radius 1 is 1.42 bits per heavy atom. The van der Waals surface area contributed by atoms with Crippen LogP contribution in [0.2, 0.25) is 0 Å². The Balaban J connectivity index is 2.09. The number of aromatic amines is 1. The third-order valence-electron chi connectivity index (χ3n) is 3.80. The number of imidazole rings is 1. The van der Waals surface area contributed by atoms with E-state index in [1.54, 1.807) is 11.2 Å². The second-order valence-electron chi connectivity index (χ2n) is 5.32. The highest BCUT2D eigenvalue weighted by atomic mass is 32.2. The van der Waals surface area contributed by atoms with Crippen LogP contribution in [0.1, 0.15) is 44.9 Å². The summed E-state index contributed by atoms with van der Waals surface area (Å²) < 4.78 is 26.6. The smallest absolute Gasteiger partial charge is 0.260 e. The van der Waals surface area contributed by atoms with Gasteiger partial charge in [0.15, 0.2) is 5.03 Å². The van der Waals surface area contributed by atoms with E-state index in [0.29, 0.717) is 24.8 Å². The average Bonchev–Trinajstić information content (AvgIpc) is 2.66. The van der Waals surface area contributed by atoms with Crippen LogP contribution in [0, 0.1) is 12.8 Å². The maximum atomic E-state index is 12.5. The average molecular weight is 285 g/mol. The molecule has 2 rings (SSSR count). The van der Waals surface area contributed by atoms with Gasteiger partial charge in [0.05, 0.1) is 6.20 Å². The largest absolute Gasteiger partial charge is 0.332 e. The van der Waals surface area contributed by atoms with E-state index in [2.05, 4.69) is 16.9 Å². The molecular weight excluding hydrogens is 262 g/mol. The molecule has 0 radical (unpaired) electrons. The summed E-state index contributed by atoms with van der Waals surface area (Å²) in [5.41, 5.74) is 0. The highest BCUT2D eigenvalue weighted by Gasteiger charge is 2.28. The number of rotatable bonds is 4. The number of hydrogen-bond donors (Lipinski definition) is 1. The first-order chi connectivity index (χ1) is 9.04. The maximum Gasteiger partial charge on any atom is 0.260 e. The summed E-state index contributed by atoms with van der Waals surface area (Å²) in [6.07, 6.45) is 6.87. The number of aryl methyl sites for hydroxylation is 1. The molecule has 1 saturated heterocycles. The lowest BCUT2D eigenvalue weighted by Gasteiger charge is -2.19. The van der Waals surface area contributed by atoms with Gasteiger partial charge in [0.25, 0.3) is 10.0 Å². The van der Waals surface area contributed by atoms with E-state index < -0.39 is 10.0 Å². The Morgan fingerprint density at radius 3 is 2.84 bits per heavy atom. The number of nitrogens with zero attached hydrogens (tertiary/aromatic N) is 2. The highest BCUT2D eigenvalue weighted by molar-refractivity contribution is 7.89. The SMILES string of the molecule is CCCC1CCCN(S(=O)(=O)c2cnc(C)[nH]2)CC1. The van der Waals surface area contributed by atoms with Crippen LogP contribution in [0.5, 0.6) is 0 Å². The van der Waals surface area contributed by atoms with Gasteiger partial charge in [-0.15, -0.1) is 0 Å². The molecule has 1 N–H and O–H groups in total. The molecule has 1 aliphatic heterocycles. The van der Waals surface area contributed by atoms with Crippen LogP contribution in [0.15, 0.2) is 11.2 Å². The summed E-state index contributed by atoms with van der Waals surface area (Å²) in [7, 11) is -3.39. The molecule has 1 aromatic rings. The molecule has 6 heteroatoms. The number of aromatic nitrogens is 2. The Hall–Kier alpha value is -0.880. The van der Waals surface area contributed by atoms with Gasteiger partial charge in [-0.3, -0.25) is 0 Å². The van der Waals surface area contributed by atoms with Crippen LogP contribution >= 0.6 is 0 Å². The third-order valence-corrected chi connectivity index (χ3v) is 5.61. The zero-order chi connectivity index (χ0) is 13.9. The highest BCUT2D eigenvalue weighted by Crippen LogP contribution is 2.25. The second-order valence-corrected chi connectivity index (χ2v) is 7.23. The predicted octanol–water partition coefficient (Wildman–Crippen LogP) is 2.31. The number of sulfonamides is 1. The maximum absolute atomic E-state index is 12.5. The Bertz CT molecular complexity index is 510. The summed E-state index contributed by atoms with van der Waals surface area (Å²) in [5.74, 6) is 1.31. The quantitative estimate of drug-likeness (QED) is 0.923. The topological polar surface area (TPSA) is 66.1 Å². The van der Waals surface area contributed by atoms with Gasteiger partial charge in [-0.1, -0.05) is 19.8 Å². The van der Waals surface area contributed by atoms with Gasteiger partial charge in [-0.05, 0) is 32.1 Å². The number of hydrogen-bond acceptors (Lipinski definition) is 3. The van der Waals surface area contributed by atoms with Gasteiger partial charge in [-0.2, -0.15) is 4.31 Å². The number of nitrogens with one attached hydrogen (secondary N) is 1. The predicted molar refractivity (Wildman–Crippen MR) is 74.3 cm³/mol. The normalized spacial score (nSPS) is 22.3. The molecule has 1 fully saturated rings. The van der Waals surface area contributed by atoms with Gasteiger partial charge in [0, 0.05) is 13.1 Å². The second kappa shape index (κ2) is 6.05. The van der Waals surface area contributed by atoms with Gasteiger partial charge >= 0.3 is 0 Å². The molecule has 0 aromatic carbocycles. The summed E-state index contributed by atoms with van der Waals surface area (Å²) in [4.78, 5) is 6.81. The van der Waals surface area contributed by atoms with Crippen molar-refractivity contribution in [2.24, 2.45) is 5.92 Å². The fraction of sp³-hybridized carbons (Fsp3) is 0.769. The fourth-order valence-electron chi connectivity index (χ4n) is 2.74. The van der Waals surface area contributed by atoms with E-state index in [1.165, 1.54) is 19.0 Å². The minimum atomic E-state index is -3.39. The zero-order valence-corrected chi connectivity index (χ0v) is 12.5. The van der Waals surface area contributed by atoms with E-state index in [0.717, 1.165) is 19.3 Å². The molecular formula is C13H23N3O2S. The summed E-state index contributed by atoms with van der Waals surface area (Å²) in [5, 5.41) is 0.221. The van der Waals surface area contributed by atoms with E-state index in [4.69, 9.17) is 0 Å². The Labute approximate surface area is 115 Å². The first-order valence-electron chi connectivity index (χ1n) is 7.05. The third kappa shape index (κ3) is 3.36. The van der Waals surface area contributed by atoms with Crippen molar-refractivity contribution >= 4 is 10.0 Å². The fourth-order valence-corrected chi connectivity index (χ4v) is 4.20. The minimum absolute atomic E-state index is 0.221. The number of H-pyrrole nitrogens is 1. The van der Waals surface area contributed by atoms with Crippen molar-refractivity contribution in [3.05, 3.63) is 12.0 Å². The molecule has 1 atom stereocenters. The van der Waals surface area contributed by atoms with Gasteiger partial charge in [0.2, 0.25) is 0 Å². The molecule has 5 nitrogen and oxygen atoms in total. The van der Waals surface area contributed by atoms with Crippen molar-refractivity contribution in [1.82, 2.24) is 14.3 Å². The molecule has 2 heterocycles. The lowest BCUT2D eigenvalue weighted by molar-refractivity contribution is 0.399. The van der Waals surface area contributed by atoms with Crippen LogP contribution < -0.4 is 0 Å². The first kappa shape index (κ1) is 14.5. The van der Waals surface area contributed by atoms with E-state index in [-0.39, 0.29) is 5.03 Å². The minimum Gasteiger partial charge on any atom is -0.332 e. The van der Waals surface area contributed by atoms with Crippen molar-refractivity contribution in [2.45, 2.75) is 51.0 Å². The van der Waals surface area contributed by atoms with Gasteiger partial charge < -0.3 is 4.98 Å². The monoisotopic (exact) mass is 285 g/mol. The molecule has 108 valence electrons. The first-order valence-corrected chi connectivity index (χ1v) is 8.49. The van der Waals surface area contributed by atoms with Crippen molar-refractivity contribution in [2.75, 3.05) is 13.1 Å². The van der Waals surface area contributed by atoms with Gasteiger partial charge in [-0.25, -0.2) is 13.4 Å². The van der Waals surface area contributed by atoms with Crippen LogP contribution in [-0.2, 0) is 10.0 Å². The molecule has 0 saturated carbocycles. The summed E-state index contributed by atoms with van der Waals surface area (Å²) in [6, 6.07) is 0. The zero-order valence-electron chi connectivity index (χ0n) is 11.7. The standard InChI is InChI=1S/C13H23N3O2S/c1-3-5-12-6-4-8-16(9-7-12)19(17,18)13-10-14-11(2)15-13/h10,12H,3-9H2,1-2H3,(H,14,15). The molecule has 19 heavy (non-hydrogen) atoms. The molecule has 0 aliphatic carbocycles. The molecule has 0 amide bonds.